The van der Waals surface area contributed by atoms with Gasteiger partial charge in [0, 0.05) is 12.1 Å². The first-order valence-electron chi connectivity index (χ1n) is 5.87. The minimum atomic E-state index is -4.38. The number of anilines is 1. The van der Waals surface area contributed by atoms with E-state index in [1.54, 1.807) is 0 Å². The van der Waals surface area contributed by atoms with E-state index >= 15 is 0 Å². The van der Waals surface area contributed by atoms with E-state index in [2.05, 4.69) is 14.9 Å². The summed E-state index contributed by atoms with van der Waals surface area (Å²) < 4.78 is 58.5. The summed E-state index contributed by atoms with van der Waals surface area (Å²) in [5.41, 5.74) is 5.73. The second-order valence-corrected chi connectivity index (χ2v) is 4.17. The van der Waals surface area contributed by atoms with Gasteiger partial charge in [-0.2, -0.15) is 18.2 Å². The Bertz CT molecular complexity index is 613. The van der Waals surface area contributed by atoms with E-state index in [1.807, 2.05) is 0 Å². The highest BCUT2D eigenvalue weighted by molar-refractivity contribution is 5.58. The molecular formula is C12H11F4N3O2. The number of benzene rings is 1. The van der Waals surface area contributed by atoms with Gasteiger partial charge in [0.05, 0.1) is 12.2 Å². The highest BCUT2D eigenvalue weighted by atomic mass is 19.4. The predicted molar refractivity (Wildman–Crippen MR) is 64.7 cm³/mol. The van der Waals surface area contributed by atoms with Crippen molar-refractivity contribution in [3.63, 3.8) is 0 Å². The largest absolute Gasteiger partial charge is 0.411 e. The van der Waals surface area contributed by atoms with Crippen LogP contribution < -0.4 is 5.73 Å². The van der Waals surface area contributed by atoms with Crippen molar-refractivity contribution in [2.45, 2.75) is 12.6 Å². The number of hydrogen-bond acceptors (Lipinski definition) is 5. The SMILES string of the molecule is Nc1ccc(-c2nc(CCOCC(F)(F)F)no2)c(F)c1. The van der Waals surface area contributed by atoms with E-state index in [1.165, 1.54) is 12.1 Å². The van der Waals surface area contributed by atoms with Crippen molar-refractivity contribution in [3.8, 4) is 11.5 Å². The third-order valence-corrected chi connectivity index (χ3v) is 2.43. The number of aromatic nitrogens is 2. The molecule has 0 saturated heterocycles. The third-order valence-electron chi connectivity index (χ3n) is 2.43. The Balaban J connectivity index is 1.95. The molecule has 1 aromatic heterocycles. The van der Waals surface area contributed by atoms with E-state index in [0.717, 1.165) is 6.07 Å². The van der Waals surface area contributed by atoms with Crippen molar-refractivity contribution in [2.24, 2.45) is 0 Å². The zero-order chi connectivity index (χ0) is 15.5. The van der Waals surface area contributed by atoms with Crippen LogP contribution in [0.2, 0.25) is 0 Å². The number of rotatable bonds is 5. The summed E-state index contributed by atoms with van der Waals surface area (Å²) in [5.74, 6) is -0.569. The van der Waals surface area contributed by atoms with Gasteiger partial charge in [-0.3, -0.25) is 0 Å². The lowest BCUT2D eigenvalue weighted by atomic mass is 10.2. The maximum atomic E-state index is 13.6. The zero-order valence-corrected chi connectivity index (χ0v) is 10.7. The first-order chi connectivity index (χ1) is 9.85. The molecule has 21 heavy (non-hydrogen) atoms. The van der Waals surface area contributed by atoms with Gasteiger partial charge < -0.3 is 15.0 Å². The summed E-state index contributed by atoms with van der Waals surface area (Å²) in [5, 5.41) is 3.54. The summed E-state index contributed by atoms with van der Waals surface area (Å²) in [7, 11) is 0. The van der Waals surface area contributed by atoms with Crippen molar-refractivity contribution in [1.82, 2.24) is 10.1 Å². The molecule has 114 valence electrons. The maximum absolute atomic E-state index is 13.6. The predicted octanol–water partition coefficient (Wildman–Crippen LogP) is 2.58. The van der Waals surface area contributed by atoms with Crippen molar-refractivity contribution < 1.29 is 26.8 Å². The molecule has 1 aromatic carbocycles. The number of nitrogen functional groups attached to an aromatic ring is 1. The molecule has 2 rings (SSSR count). The Morgan fingerprint density at radius 3 is 2.71 bits per heavy atom. The molecule has 0 bridgehead atoms. The molecule has 0 saturated carbocycles. The Hall–Kier alpha value is -2.16. The second-order valence-electron chi connectivity index (χ2n) is 4.17. The van der Waals surface area contributed by atoms with Crippen LogP contribution >= 0.6 is 0 Å². The van der Waals surface area contributed by atoms with Crippen LogP contribution in [-0.2, 0) is 11.2 Å². The molecule has 0 atom stereocenters. The number of hydrogen-bond donors (Lipinski definition) is 1. The van der Waals surface area contributed by atoms with Gasteiger partial charge in [-0.05, 0) is 18.2 Å². The Kier molecular flexibility index (Phi) is 4.41. The summed E-state index contributed by atoms with van der Waals surface area (Å²) in [6.07, 6.45) is -4.36. The first-order valence-corrected chi connectivity index (χ1v) is 5.87. The van der Waals surface area contributed by atoms with Crippen molar-refractivity contribution in [3.05, 3.63) is 29.8 Å². The Morgan fingerprint density at radius 1 is 1.29 bits per heavy atom. The van der Waals surface area contributed by atoms with E-state index in [0.29, 0.717) is 0 Å². The van der Waals surface area contributed by atoms with Crippen LogP contribution in [0.1, 0.15) is 5.82 Å². The molecule has 0 spiro atoms. The summed E-state index contributed by atoms with van der Waals surface area (Å²) in [6, 6.07) is 3.95. The molecule has 0 aliphatic heterocycles. The molecule has 0 radical (unpaired) electrons. The molecule has 1 heterocycles. The standard InChI is InChI=1S/C12H11F4N3O2/c13-9-5-7(17)1-2-8(9)11-18-10(19-21-11)3-4-20-6-12(14,15)16/h1-2,5H,3-4,6,17H2. The van der Waals surface area contributed by atoms with Gasteiger partial charge in [0.2, 0.25) is 0 Å². The van der Waals surface area contributed by atoms with Crippen LogP contribution in [0.25, 0.3) is 11.5 Å². The molecule has 0 fully saturated rings. The number of ether oxygens (including phenoxy) is 1. The zero-order valence-electron chi connectivity index (χ0n) is 10.7. The fraction of sp³-hybridized carbons (Fsp3) is 0.333. The van der Waals surface area contributed by atoms with Gasteiger partial charge in [0.15, 0.2) is 5.82 Å². The van der Waals surface area contributed by atoms with Gasteiger partial charge >= 0.3 is 6.18 Å². The number of halogens is 4. The molecule has 2 N–H and O–H groups in total. The monoisotopic (exact) mass is 305 g/mol. The second kappa shape index (κ2) is 6.08. The Morgan fingerprint density at radius 2 is 2.05 bits per heavy atom. The lowest BCUT2D eigenvalue weighted by molar-refractivity contribution is -0.173. The van der Waals surface area contributed by atoms with Gasteiger partial charge in [-0.25, -0.2) is 4.39 Å². The van der Waals surface area contributed by atoms with Gasteiger partial charge in [0.1, 0.15) is 12.4 Å². The smallest absolute Gasteiger partial charge is 0.399 e. The minimum Gasteiger partial charge on any atom is -0.399 e. The quantitative estimate of drug-likeness (QED) is 0.522. The summed E-state index contributed by atoms with van der Waals surface area (Å²) in [4.78, 5) is 3.89. The van der Waals surface area contributed by atoms with Crippen LogP contribution in [0.4, 0.5) is 23.2 Å². The van der Waals surface area contributed by atoms with Gasteiger partial charge in [-0.15, -0.1) is 0 Å². The first kappa shape index (κ1) is 15.2. The summed E-state index contributed by atoms with van der Waals surface area (Å²) >= 11 is 0. The van der Waals surface area contributed by atoms with Crippen molar-refractivity contribution in [1.29, 1.82) is 0 Å². The van der Waals surface area contributed by atoms with Crippen LogP contribution in [0.5, 0.6) is 0 Å². The fourth-order valence-electron chi connectivity index (χ4n) is 1.52. The lowest BCUT2D eigenvalue weighted by Crippen LogP contribution is -2.18. The van der Waals surface area contributed by atoms with Crippen molar-refractivity contribution >= 4 is 5.69 Å². The van der Waals surface area contributed by atoms with Crippen LogP contribution in [0, 0.1) is 5.82 Å². The van der Waals surface area contributed by atoms with E-state index in [4.69, 9.17) is 10.3 Å². The maximum Gasteiger partial charge on any atom is 0.411 e. The van der Waals surface area contributed by atoms with Crippen LogP contribution in [-0.4, -0.2) is 29.5 Å². The molecule has 9 heteroatoms. The van der Waals surface area contributed by atoms with Crippen LogP contribution in [0.3, 0.4) is 0 Å². The average Bonchev–Trinajstić information content (AvgIpc) is 2.82. The highest BCUT2D eigenvalue weighted by Crippen LogP contribution is 2.23. The number of nitrogens with two attached hydrogens (primary N) is 1. The number of alkyl halides is 3. The molecule has 0 aliphatic carbocycles. The van der Waals surface area contributed by atoms with E-state index < -0.39 is 18.6 Å². The molecule has 5 nitrogen and oxygen atoms in total. The molecular weight excluding hydrogens is 294 g/mol. The fourth-order valence-corrected chi connectivity index (χ4v) is 1.52. The molecule has 0 unspecified atom stereocenters. The minimum absolute atomic E-state index is 0.0240. The van der Waals surface area contributed by atoms with Crippen molar-refractivity contribution in [2.75, 3.05) is 18.9 Å². The van der Waals surface area contributed by atoms with Gasteiger partial charge in [0.25, 0.3) is 5.89 Å². The molecule has 0 aliphatic rings. The van der Waals surface area contributed by atoms with Crippen LogP contribution in [0.15, 0.2) is 22.7 Å². The van der Waals surface area contributed by atoms with Gasteiger partial charge in [-0.1, -0.05) is 5.16 Å². The number of nitrogens with zero attached hydrogens (tertiary/aromatic N) is 2. The Labute approximate surface area is 116 Å². The summed E-state index contributed by atoms with van der Waals surface area (Å²) in [6.45, 7) is -1.56. The molecule has 2 aromatic rings. The lowest BCUT2D eigenvalue weighted by Gasteiger charge is -2.05. The molecule has 0 amide bonds. The van der Waals surface area contributed by atoms with E-state index in [-0.39, 0.29) is 36.0 Å². The highest BCUT2D eigenvalue weighted by Gasteiger charge is 2.27. The average molecular weight is 305 g/mol. The van der Waals surface area contributed by atoms with E-state index in [9.17, 15) is 17.6 Å². The topological polar surface area (TPSA) is 74.2 Å². The third kappa shape index (κ3) is 4.42. The normalized spacial score (nSPS) is 11.8.